The van der Waals surface area contributed by atoms with Gasteiger partial charge in [-0.3, -0.25) is 4.79 Å². The molecule has 27 heavy (non-hydrogen) atoms. The smallest absolute Gasteiger partial charge is 0.274 e. The number of amides is 1. The lowest BCUT2D eigenvalue weighted by atomic mass is 10.1. The van der Waals surface area contributed by atoms with E-state index in [1.165, 1.54) is 6.26 Å². The van der Waals surface area contributed by atoms with E-state index in [1.807, 2.05) is 66.7 Å². The van der Waals surface area contributed by atoms with Gasteiger partial charge in [-0.05, 0) is 18.2 Å². The SMILES string of the molecule is CN(Cc1ccon1)C(=O)c1cc(-c2ccccc2)n(-c2ccccc2)n1. The van der Waals surface area contributed by atoms with Crippen LogP contribution in [0.3, 0.4) is 0 Å². The third kappa shape index (κ3) is 3.50. The Kier molecular flexibility index (Phi) is 4.53. The fourth-order valence-electron chi connectivity index (χ4n) is 2.90. The lowest BCUT2D eigenvalue weighted by Crippen LogP contribution is -2.26. The van der Waals surface area contributed by atoms with Crippen LogP contribution < -0.4 is 0 Å². The number of hydrogen-bond donors (Lipinski definition) is 0. The number of rotatable bonds is 5. The molecule has 2 heterocycles. The summed E-state index contributed by atoms with van der Waals surface area (Å²) in [6, 6.07) is 23.2. The predicted molar refractivity (Wildman–Crippen MR) is 101 cm³/mol. The maximum absolute atomic E-state index is 12.9. The van der Waals surface area contributed by atoms with Gasteiger partial charge < -0.3 is 9.42 Å². The van der Waals surface area contributed by atoms with Crippen molar-refractivity contribution in [3.05, 3.63) is 90.4 Å². The van der Waals surface area contributed by atoms with Crippen LogP contribution in [0.15, 0.2) is 83.6 Å². The van der Waals surface area contributed by atoms with Gasteiger partial charge in [-0.15, -0.1) is 0 Å². The molecule has 4 aromatic rings. The zero-order valence-electron chi connectivity index (χ0n) is 14.8. The molecule has 0 fully saturated rings. The lowest BCUT2D eigenvalue weighted by Gasteiger charge is -2.13. The molecule has 0 spiro atoms. The molecule has 0 aliphatic carbocycles. The molecule has 0 saturated carbocycles. The number of aromatic nitrogens is 3. The predicted octanol–water partition coefficient (Wildman–Crippen LogP) is 3.80. The fraction of sp³-hybridized carbons (Fsp3) is 0.0952. The summed E-state index contributed by atoms with van der Waals surface area (Å²) in [5, 5.41) is 8.44. The molecular formula is C21H18N4O2. The minimum atomic E-state index is -0.176. The van der Waals surface area contributed by atoms with Gasteiger partial charge in [0.2, 0.25) is 0 Å². The molecule has 0 bridgehead atoms. The molecule has 2 aromatic carbocycles. The molecule has 0 aliphatic rings. The molecular weight excluding hydrogens is 340 g/mol. The third-order valence-corrected chi connectivity index (χ3v) is 4.24. The monoisotopic (exact) mass is 358 g/mol. The largest absolute Gasteiger partial charge is 0.364 e. The maximum Gasteiger partial charge on any atom is 0.274 e. The number of carbonyl (C=O) groups is 1. The van der Waals surface area contributed by atoms with E-state index in [-0.39, 0.29) is 5.91 Å². The highest BCUT2D eigenvalue weighted by Gasteiger charge is 2.20. The van der Waals surface area contributed by atoms with Gasteiger partial charge in [0.15, 0.2) is 5.69 Å². The lowest BCUT2D eigenvalue weighted by molar-refractivity contribution is 0.0776. The first kappa shape index (κ1) is 16.8. The van der Waals surface area contributed by atoms with Crippen LogP contribution in [-0.2, 0) is 6.54 Å². The molecule has 4 rings (SSSR count). The Bertz CT molecular complexity index is 968. The highest BCUT2D eigenvalue weighted by molar-refractivity contribution is 5.93. The number of nitrogens with zero attached hydrogens (tertiary/aromatic N) is 4. The fourth-order valence-corrected chi connectivity index (χ4v) is 2.90. The first-order valence-corrected chi connectivity index (χ1v) is 8.58. The van der Waals surface area contributed by atoms with E-state index in [0.717, 1.165) is 16.9 Å². The van der Waals surface area contributed by atoms with Crippen molar-refractivity contribution in [2.45, 2.75) is 6.54 Å². The van der Waals surface area contributed by atoms with Crippen LogP contribution >= 0.6 is 0 Å². The summed E-state index contributed by atoms with van der Waals surface area (Å²) >= 11 is 0. The van der Waals surface area contributed by atoms with Crippen molar-refractivity contribution in [1.29, 1.82) is 0 Å². The van der Waals surface area contributed by atoms with E-state index in [0.29, 0.717) is 17.9 Å². The van der Waals surface area contributed by atoms with Crippen molar-refractivity contribution in [3.63, 3.8) is 0 Å². The molecule has 6 nitrogen and oxygen atoms in total. The number of para-hydroxylation sites is 1. The van der Waals surface area contributed by atoms with Gasteiger partial charge >= 0.3 is 0 Å². The van der Waals surface area contributed by atoms with Gasteiger partial charge in [-0.2, -0.15) is 5.10 Å². The third-order valence-electron chi connectivity index (χ3n) is 4.24. The number of hydrogen-bond acceptors (Lipinski definition) is 4. The van der Waals surface area contributed by atoms with Crippen LogP contribution in [0.4, 0.5) is 0 Å². The molecule has 0 aliphatic heterocycles. The second-order valence-electron chi connectivity index (χ2n) is 6.18. The average Bonchev–Trinajstić information content (AvgIpc) is 3.38. The van der Waals surface area contributed by atoms with E-state index in [2.05, 4.69) is 10.3 Å². The Morgan fingerprint density at radius 2 is 1.74 bits per heavy atom. The van der Waals surface area contributed by atoms with E-state index in [1.54, 1.807) is 22.7 Å². The minimum Gasteiger partial charge on any atom is -0.364 e. The average molecular weight is 358 g/mol. The Morgan fingerprint density at radius 1 is 1.04 bits per heavy atom. The van der Waals surface area contributed by atoms with E-state index in [4.69, 9.17) is 4.52 Å². The Hall–Kier alpha value is -3.67. The number of carbonyl (C=O) groups excluding carboxylic acids is 1. The summed E-state index contributed by atoms with van der Waals surface area (Å²) in [4.78, 5) is 14.5. The zero-order chi connectivity index (χ0) is 18.6. The van der Waals surface area contributed by atoms with Crippen molar-refractivity contribution < 1.29 is 9.32 Å². The first-order chi connectivity index (χ1) is 13.2. The van der Waals surface area contributed by atoms with Crippen molar-refractivity contribution >= 4 is 5.91 Å². The van der Waals surface area contributed by atoms with Gasteiger partial charge in [0.25, 0.3) is 5.91 Å². The number of benzene rings is 2. The van der Waals surface area contributed by atoms with E-state index >= 15 is 0 Å². The summed E-state index contributed by atoms with van der Waals surface area (Å²) < 4.78 is 6.63. The van der Waals surface area contributed by atoms with E-state index < -0.39 is 0 Å². The summed E-state index contributed by atoms with van der Waals surface area (Å²) in [5.74, 6) is -0.176. The summed E-state index contributed by atoms with van der Waals surface area (Å²) in [7, 11) is 1.72. The standard InChI is InChI=1S/C21H18N4O2/c1-24(15-17-12-13-27-23-17)21(26)19-14-20(16-8-4-2-5-9-16)25(22-19)18-10-6-3-7-11-18/h2-14H,15H2,1H3. The van der Waals surface area contributed by atoms with Crippen LogP contribution in [0.5, 0.6) is 0 Å². The second-order valence-corrected chi connectivity index (χ2v) is 6.18. The quantitative estimate of drug-likeness (QED) is 0.544. The molecule has 0 unspecified atom stereocenters. The van der Waals surface area contributed by atoms with Gasteiger partial charge in [0.05, 0.1) is 17.9 Å². The van der Waals surface area contributed by atoms with Crippen molar-refractivity contribution in [1.82, 2.24) is 19.8 Å². The second kappa shape index (κ2) is 7.29. The van der Waals surface area contributed by atoms with Crippen LogP contribution in [-0.4, -0.2) is 32.8 Å². The molecule has 0 atom stereocenters. The maximum atomic E-state index is 12.9. The Labute approximate surface area is 156 Å². The van der Waals surface area contributed by atoms with Crippen LogP contribution in [0.2, 0.25) is 0 Å². The molecule has 134 valence electrons. The van der Waals surface area contributed by atoms with Crippen molar-refractivity contribution in [3.8, 4) is 16.9 Å². The van der Waals surface area contributed by atoms with Crippen LogP contribution in [0.1, 0.15) is 16.2 Å². The molecule has 1 amide bonds. The highest BCUT2D eigenvalue weighted by atomic mass is 16.5. The van der Waals surface area contributed by atoms with Crippen molar-refractivity contribution in [2.75, 3.05) is 7.05 Å². The summed E-state index contributed by atoms with van der Waals surface area (Å²) in [6.45, 7) is 0.355. The highest BCUT2D eigenvalue weighted by Crippen LogP contribution is 2.24. The Morgan fingerprint density at radius 3 is 2.41 bits per heavy atom. The van der Waals surface area contributed by atoms with Crippen LogP contribution in [0.25, 0.3) is 16.9 Å². The molecule has 0 N–H and O–H groups in total. The minimum absolute atomic E-state index is 0.176. The summed E-state index contributed by atoms with van der Waals surface area (Å²) in [5.41, 5.74) is 3.82. The first-order valence-electron chi connectivity index (χ1n) is 8.58. The van der Waals surface area contributed by atoms with Crippen molar-refractivity contribution in [2.24, 2.45) is 0 Å². The zero-order valence-corrected chi connectivity index (χ0v) is 14.8. The van der Waals surface area contributed by atoms with Gasteiger partial charge in [0.1, 0.15) is 12.0 Å². The topological polar surface area (TPSA) is 64.2 Å². The molecule has 0 radical (unpaired) electrons. The molecule has 6 heteroatoms. The van der Waals surface area contributed by atoms with Gasteiger partial charge in [0, 0.05) is 18.7 Å². The molecule has 0 saturated heterocycles. The molecule has 2 aromatic heterocycles. The summed E-state index contributed by atoms with van der Waals surface area (Å²) in [6.07, 6.45) is 1.49. The normalized spacial score (nSPS) is 10.7. The van der Waals surface area contributed by atoms with Gasteiger partial charge in [-0.25, -0.2) is 4.68 Å². The van der Waals surface area contributed by atoms with E-state index in [9.17, 15) is 4.79 Å². The Balaban J connectivity index is 1.72. The van der Waals surface area contributed by atoms with Gasteiger partial charge in [-0.1, -0.05) is 53.7 Å². The van der Waals surface area contributed by atoms with Crippen LogP contribution in [0, 0.1) is 0 Å².